The Bertz CT molecular complexity index is 1240. The van der Waals surface area contributed by atoms with Crippen molar-refractivity contribution in [2.24, 2.45) is 0 Å². The SMILES string of the molecule is CS(=O)(=O)NC(=O)c1ccc(-c2ccc(CCNC[C@H](O)c3ccccc3)cc2)cc1OCCCF.Cl. The first-order chi connectivity index (χ1) is 17.3. The van der Waals surface area contributed by atoms with Gasteiger partial charge < -0.3 is 15.2 Å². The highest BCUT2D eigenvalue weighted by Gasteiger charge is 2.17. The van der Waals surface area contributed by atoms with Crippen LogP contribution in [0.25, 0.3) is 11.1 Å². The van der Waals surface area contributed by atoms with E-state index < -0.39 is 28.7 Å². The van der Waals surface area contributed by atoms with Crippen LogP contribution in [0.1, 0.15) is 34.0 Å². The molecule has 0 saturated heterocycles. The number of alkyl halides is 1. The summed E-state index contributed by atoms with van der Waals surface area (Å²) in [6.07, 6.45) is 1.27. The third-order valence-electron chi connectivity index (χ3n) is 5.44. The molecular weight excluding hydrogens is 519 g/mol. The number of rotatable bonds is 13. The topological polar surface area (TPSA) is 105 Å². The fraction of sp³-hybridized carbons (Fsp3) is 0.296. The molecule has 200 valence electrons. The summed E-state index contributed by atoms with van der Waals surface area (Å²) in [5.74, 6) is -0.619. The molecule has 0 aliphatic rings. The van der Waals surface area contributed by atoms with Crippen molar-refractivity contribution in [2.45, 2.75) is 18.9 Å². The Balaban J connectivity index is 0.00000481. The van der Waals surface area contributed by atoms with Crippen molar-refractivity contribution in [3.8, 4) is 16.9 Å². The van der Waals surface area contributed by atoms with Gasteiger partial charge in [-0.25, -0.2) is 13.1 Å². The molecule has 3 rings (SSSR count). The second kappa shape index (κ2) is 14.7. The second-order valence-corrected chi connectivity index (χ2v) is 10.1. The van der Waals surface area contributed by atoms with Gasteiger partial charge in [0, 0.05) is 13.0 Å². The molecule has 10 heteroatoms. The number of halogens is 2. The van der Waals surface area contributed by atoms with E-state index in [-0.39, 0.29) is 36.7 Å². The first kappa shape index (κ1) is 30.2. The molecule has 1 atom stereocenters. The number of hydrogen-bond acceptors (Lipinski definition) is 6. The third-order valence-corrected chi connectivity index (χ3v) is 6.00. The van der Waals surface area contributed by atoms with Gasteiger partial charge in [-0.3, -0.25) is 9.18 Å². The van der Waals surface area contributed by atoms with E-state index in [0.29, 0.717) is 13.1 Å². The number of hydrogen-bond donors (Lipinski definition) is 3. The maximum atomic E-state index is 12.5. The summed E-state index contributed by atoms with van der Waals surface area (Å²) in [6, 6.07) is 22.3. The van der Waals surface area contributed by atoms with Crippen molar-refractivity contribution in [3.63, 3.8) is 0 Å². The summed E-state index contributed by atoms with van der Waals surface area (Å²) >= 11 is 0. The summed E-state index contributed by atoms with van der Waals surface area (Å²) in [5.41, 5.74) is 3.71. The molecule has 3 N–H and O–H groups in total. The number of aliphatic hydroxyl groups is 1. The molecule has 0 radical (unpaired) electrons. The Morgan fingerprint density at radius 1 is 1.03 bits per heavy atom. The van der Waals surface area contributed by atoms with Gasteiger partial charge in [0.05, 0.1) is 31.2 Å². The van der Waals surface area contributed by atoms with E-state index in [1.54, 1.807) is 12.1 Å². The van der Waals surface area contributed by atoms with Gasteiger partial charge >= 0.3 is 0 Å². The van der Waals surface area contributed by atoms with Gasteiger partial charge in [-0.2, -0.15) is 0 Å². The number of sulfonamides is 1. The van der Waals surface area contributed by atoms with Crippen molar-refractivity contribution < 1.29 is 27.4 Å². The highest BCUT2D eigenvalue weighted by molar-refractivity contribution is 7.89. The van der Waals surface area contributed by atoms with Gasteiger partial charge in [0.15, 0.2) is 0 Å². The number of nitrogens with one attached hydrogen (secondary N) is 2. The molecule has 0 saturated carbocycles. The van der Waals surface area contributed by atoms with E-state index in [1.807, 2.05) is 59.3 Å². The molecule has 3 aromatic rings. The number of ether oxygens (including phenoxy) is 1. The zero-order valence-electron chi connectivity index (χ0n) is 20.5. The fourth-order valence-corrected chi connectivity index (χ4v) is 4.04. The van der Waals surface area contributed by atoms with E-state index in [0.717, 1.165) is 34.9 Å². The molecule has 0 fully saturated rings. The summed E-state index contributed by atoms with van der Waals surface area (Å²) in [4.78, 5) is 12.4. The molecule has 1 amide bonds. The highest BCUT2D eigenvalue weighted by Crippen LogP contribution is 2.28. The zero-order valence-corrected chi connectivity index (χ0v) is 22.2. The van der Waals surface area contributed by atoms with Gasteiger partial charge in [0.25, 0.3) is 5.91 Å². The zero-order chi connectivity index (χ0) is 26.0. The predicted molar refractivity (Wildman–Crippen MR) is 145 cm³/mol. The van der Waals surface area contributed by atoms with Gasteiger partial charge in [-0.05, 0) is 47.4 Å². The Labute approximate surface area is 223 Å². The summed E-state index contributed by atoms with van der Waals surface area (Å²) in [7, 11) is -3.74. The minimum absolute atomic E-state index is 0. The molecule has 0 spiro atoms. The van der Waals surface area contributed by atoms with Crippen LogP contribution in [-0.2, 0) is 16.4 Å². The van der Waals surface area contributed by atoms with Gasteiger partial charge in [0.1, 0.15) is 5.75 Å². The first-order valence-electron chi connectivity index (χ1n) is 11.6. The van der Waals surface area contributed by atoms with Crippen LogP contribution in [0.4, 0.5) is 4.39 Å². The van der Waals surface area contributed by atoms with E-state index in [9.17, 15) is 22.7 Å². The summed E-state index contributed by atoms with van der Waals surface area (Å²) in [5, 5.41) is 13.5. The lowest BCUT2D eigenvalue weighted by molar-refractivity contribution is 0.0977. The maximum absolute atomic E-state index is 12.5. The smallest absolute Gasteiger partial charge is 0.268 e. The van der Waals surface area contributed by atoms with E-state index in [4.69, 9.17) is 4.74 Å². The standard InChI is InChI=1S/C27H31FN2O5S.ClH/c1-36(33,34)30-27(32)24-13-12-23(18-26(24)35-17-5-15-28)21-10-8-20(9-11-21)14-16-29-19-25(31)22-6-3-2-4-7-22;/h2-4,6-13,18,25,29,31H,5,14-17,19H2,1H3,(H,30,32);1H/t25-;/m0./s1. The van der Waals surface area contributed by atoms with Gasteiger partial charge in [-0.15, -0.1) is 12.4 Å². The summed E-state index contributed by atoms with van der Waals surface area (Å²) in [6.45, 7) is 0.669. The van der Waals surface area contributed by atoms with Crippen LogP contribution in [0.2, 0.25) is 0 Å². The molecule has 0 aliphatic heterocycles. The Morgan fingerprint density at radius 2 is 1.70 bits per heavy atom. The van der Waals surface area contributed by atoms with Crippen LogP contribution in [0.15, 0.2) is 72.8 Å². The van der Waals surface area contributed by atoms with Crippen LogP contribution in [-0.4, -0.2) is 52.1 Å². The molecule has 0 aliphatic carbocycles. The monoisotopic (exact) mass is 550 g/mol. The largest absolute Gasteiger partial charge is 0.493 e. The minimum atomic E-state index is -3.74. The summed E-state index contributed by atoms with van der Waals surface area (Å²) < 4.78 is 43.0. The fourth-order valence-electron chi connectivity index (χ4n) is 3.60. The van der Waals surface area contributed by atoms with E-state index in [1.165, 1.54) is 6.07 Å². The number of benzene rings is 3. The third kappa shape index (κ3) is 9.77. The average Bonchev–Trinajstić information content (AvgIpc) is 2.86. The molecule has 3 aromatic carbocycles. The normalized spacial score (nSPS) is 11.9. The lowest BCUT2D eigenvalue weighted by Crippen LogP contribution is -2.29. The van der Waals surface area contributed by atoms with Crippen LogP contribution in [0.5, 0.6) is 5.75 Å². The second-order valence-electron chi connectivity index (χ2n) is 8.38. The number of carbonyl (C=O) groups excluding carboxylic acids is 1. The van der Waals surface area contributed by atoms with Crippen molar-refractivity contribution in [3.05, 3.63) is 89.5 Å². The Kier molecular flexibility index (Phi) is 12.0. The van der Waals surface area contributed by atoms with Crippen molar-refractivity contribution >= 4 is 28.3 Å². The number of aliphatic hydroxyl groups excluding tert-OH is 1. The lowest BCUT2D eigenvalue weighted by atomic mass is 10.0. The molecule has 0 bridgehead atoms. The van der Waals surface area contributed by atoms with Crippen molar-refractivity contribution in [1.82, 2.24) is 10.0 Å². The molecule has 0 aromatic heterocycles. The predicted octanol–water partition coefficient (Wildman–Crippen LogP) is 4.07. The molecule has 0 heterocycles. The van der Waals surface area contributed by atoms with Crippen LogP contribution in [0.3, 0.4) is 0 Å². The van der Waals surface area contributed by atoms with Crippen molar-refractivity contribution in [2.75, 3.05) is 32.6 Å². The van der Waals surface area contributed by atoms with Crippen molar-refractivity contribution in [1.29, 1.82) is 0 Å². The van der Waals surface area contributed by atoms with Gasteiger partial charge in [-0.1, -0.05) is 60.7 Å². The molecule has 7 nitrogen and oxygen atoms in total. The Morgan fingerprint density at radius 3 is 2.35 bits per heavy atom. The van der Waals surface area contributed by atoms with Crippen LogP contribution >= 0.6 is 12.4 Å². The lowest BCUT2D eigenvalue weighted by Gasteiger charge is -2.14. The first-order valence-corrected chi connectivity index (χ1v) is 13.5. The number of amides is 1. The number of carbonyl (C=O) groups is 1. The van der Waals surface area contributed by atoms with Crippen LogP contribution < -0.4 is 14.8 Å². The maximum Gasteiger partial charge on any atom is 0.268 e. The molecule has 0 unspecified atom stereocenters. The minimum Gasteiger partial charge on any atom is -0.493 e. The van der Waals surface area contributed by atoms with Gasteiger partial charge in [0.2, 0.25) is 10.0 Å². The highest BCUT2D eigenvalue weighted by atomic mass is 35.5. The van der Waals surface area contributed by atoms with Crippen LogP contribution in [0, 0.1) is 0 Å². The van der Waals surface area contributed by atoms with E-state index in [2.05, 4.69) is 5.32 Å². The molecule has 37 heavy (non-hydrogen) atoms. The average molecular weight is 551 g/mol. The quantitative estimate of drug-likeness (QED) is 0.277. The molecular formula is C27H32ClFN2O5S. The Hall–Kier alpha value is -2.98. The van der Waals surface area contributed by atoms with E-state index >= 15 is 0 Å².